The van der Waals surface area contributed by atoms with E-state index in [0.29, 0.717) is 12.2 Å². The SMILES string of the molecule is C=CCCCCCCCCOc1ccc(-c2ccc(C(=O)OCC)cc2)cc1. The quantitative estimate of drug-likeness (QED) is 0.217. The van der Waals surface area contributed by atoms with E-state index in [2.05, 4.69) is 6.58 Å². The number of esters is 1. The molecular weight excluding hydrogens is 348 g/mol. The van der Waals surface area contributed by atoms with Crippen LogP contribution in [0, 0.1) is 0 Å². The molecule has 0 saturated heterocycles. The highest BCUT2D eigenvalue weighted by Crippen LogP contribution is 2.23. The summed E-state index contributed by atoms with van der Waals surface area (Å²) in [6.07, 6.45) is 10.6. The van der Waals surface area contributed by atoms with Crippen LogP contribution in [0.4, 0.5) is 0 Å². The van der Waals surface area contributed by atoms with Crippen molar-refractivity contribution in [3.05, 3.63) is 66.7 Å². The Kier molecular flexibility index (Phi) is 9.92. The molecule has 2 rings (SSSR count). The predicted molar refractivity (Wildman–Crippen MR) is 116 cm³/mol. The third-order valence-corrected chi connectivity index (χ3v) is 4.65. The molecule has 2 aromatic carbocycles. The highest BCUT2D eigenvalue weighted by Gasteiger charge is 2.06. The van der Waals surface area contributed by atoms with Gasteiger partial charge in [-0.05, 0) is 61.6 Å². The van der Waals surface area contributed by atoms with Crippen molar-refractivity contribution in [1.29, 1.82) is 0 Å². The molecule has 28 heavy (non-hydrogen) atoms. The topological polar surface area (TPSA) is 35.5 Å². The summed E-state index contributed by atoms with van der Waals surface area (Å²) in [5.41, 5.74) is 2.74. The monoisotopic (exact) mass is 380 g/mol. The summed E-state index contributed by atoms with van der Waals surface area (Å²) >= 11 is 0. The number of benzene rings is 2. The lowest BCUT2D eigenvalue weighted by atomic mass is 10.0. The van der Waals surface area contributed by atoms with Crippen molar-refractivity contribution in [2.45, 2.75) is 51.9 Å². The second-order valence-electron chi connectivity index (χ2n) is 6.87. The van der Waals surface area contributed by atoms with Gasteiger partial charge >= 0.3 is 5.97 Å². The van der Waals surface area contributed by atoms with Crippen LogP contribution >= 0.6 is 0 Å². The van der Waals surface area contributed by atoms with Gasteiger partial charge in [-0.1, -0.05) is 56.0 Å². The molecule has 0 aliphatic heterocycles. The van der Waals surface area contributed by atoms with Crippen LogP contribution in [0.5, 0.6) is 5.75 Å². The van der Waals surface area contributed by atoms with E-state index >= 15 is 0 Å². The van der Waals surface area contributed by atoms with Crippen LogP contribution in [0.2, 0.25) is 0 Å². The Bertz CT molecular complexity index is 702. The molecule has 0 atom stereocenters. The number of unbranched alkanes of at least 4 members (excludes halogenated alkanes) is 6. The summed E-state index contributed by atoms with van der Waals surface area (Å²) in [6.45, 7) is 6.71. The number of ether oxygens (including phenoxy) is 2. The van der Waals surface area contributed by atoms with Crippen molar-refractivity contribution in [3.8, 4) is 16.9 Å². The van der Waals surface area contributed by atoms with Gasteiger partial charge in [0.1, 0.15) is 5.75 Å². The Balaban J connectivity index is 1.71. The van der Waals surface area contributed by atoms with Crippen LogP contribution in [-0.2, 0) is 4.74 Å². The molecule has 3 nitrogen and oxygen atoms in total. The number of allylic oxidation sites excluding steroid dienone is 1. The van der Waals surface area contributed by atoms with Gasteiger partial charge in [0.25, 0.3) is 0 Å². The van der Waals surface area contributed by atoms with E-state index < -0.39 is 0 Å². The third kappa shape index (κ3) is 7.59. The summed E-state index contributed by atoms with van der Waals surface area (Å²) in [4.78, 5) is 11.7. The molecular formula is C25H32O3. The average molecular weight is 381 g/mol. The molecule has 0 aromatic heterocycles. The van der Waals surface area contributed by atoms with Crippen LogP contribution in [0.1, 0.15) is 62.2 Å². The fourth-order valence-corrected chi connectivity index (χ4v) is 3.04. The first-order chi connectivity index (χ1) is 13.7. The van der Waals surface area contributed by atoms with Crippen LogP contribution in [0.15, 0.2) is 61.2 Å². The molecule has 0 N–H and O–H groups in total. The van der Waals surface area contributed by atoms with Crippen LogP contribution in [0.3, 0.4) is 0 Å². The molecule has 0 radical (unpaired) electrons. The van der Waals surface area contributed by atoms with Gasteiger partial charge in [0.15, 0.2) is 0 Å². The summed E-state index contributed by atoms with van der Waals surface area (Å²) in [6, 6.07) is 15.6. The standard InChI is InChI=1S/C25H32O3/c1-3-5-6-7-8-9-10-11-20-28-24-18-16-22(17-19-24)21-12-14-23(15-13-21)25(26)27-4-2/h3,12-19H,1,4-11,20H2,2H3. The Morgan fingerprint density at radius 2 is 1.43 bits per heavy atom. The lowest BCUT2D eigenvalue weighted by molar-refractivity contribution is 0.0526. The van der Waals surface area contributed by atoms with E-state index in [-0.39, 0.29) is 5.97 Å². The first-order valence-corrected chi connectivity index (χ1v) is 10.4. The molecule has 0 bridgehead atoms. The molecule has 0 saturated carbocycles. The van der Waals surface area contributed by atoms with Gasteiger partial charge in [-0.25, -0.2) is 4.79 Å². The Morgan fingerprint density at radius 3 is 2.04 bits per heavy atom. The minimum Gasteiger partial charge on any atom is -0.494 e. The Morgan fingerprint density at radius 1 is 0.857 bits per heavy atom. The lowest BCUT2D eigenvalue weighted by Crippen LogP contribution is -2.03. The smallest absolute Gasteiger partial charge is 0.338 e. The number of carbonyl (C=O) groups is 1. The zero-order valence-electron chi connectivity index (χ0n) is 17.0. The molecule has 3 heteroatoms. The highest BCUT2D eigenvalue weighted by atomic mass is 16.5. The van der Waals surface area contributed by atoms with E-state index in [1.807, 2.05) is 49.4 Å². The van der Waals surface area contributed by atoms with E-state index in [9.17, 15) is 4.79 Å². The van der Waals surface area contributed by atoms with Gasteiger partial charge in [0.2, 0.25) is 0 Å². The van der Waals surface area contributed by atoms with Gasteiger partial charge in [-0.3, -0.25) is 0 Å². The molecule has 0 aliphatic rings. The molecule has 0 fully saturated rings. The van der Waals surface area contributed by atoms with Crippen molar-refractivity contribution in [3.63, 3.8) is 0 Å². The first-order valence-electron chi connectivity index (χ1n) is 10.4. The van der Waals surface area contributed by atoms with Gasteiger partial charge < -0.3 is 9.47 Å². The molecule has 0 unspecified atom stereocenters. The maximum atomic E-state index is 11.7. The molecule has 150 valence electrons. The van der Waals surface area contributed by atoms with E-state index in [1.54, 1.807) is 12.1 Å². The maximum absolute atomic E-state index is 11.7. The van der Waals surface area contributed by atoms with Crippen molar-refractivity contribution in [1.82, 2.24) is 0 Å². The Hall–Kier alpha value is -2.55. The molecule has 2 aromatic rings. The van der Waals surface area contributed by atoms with Gasteiger partial charge in [0, 0.05) is 0 Å². The first kappa shape index (κ1) is 21.7. The van der Waals surface area contributed by atoms with Crippen molar-refractivity contribution in [2.24, 2.45) is 0 Å². The van der Waals surface area contributed by atoms with Crippen LogP contribution in [-0.4, -0.2) is 19.2 Å². The zero-order chi connectivity index (χ0) is 20.0. The Labute approximate surface area is 169 Å². The predicted octanol–water partition coefficient (Wildman–Crippen LogP) is 6.83. The fraction of sp³-hybridized carbons (Fsp3) is 0.400. The average Bonchev–Trinajstić information content (AvgIpc) is 2.73. The minimum atomic E-state index is -0.283. The third-order valence-electron chi connectivity index (χ3n) is 4.65. The number of rotatable bonds is 13. The van der Waals surface area contributed by atoms with E-state index in [0.717, 1.165) is 36.3 Å². The zero-order valence-corrected chi connectivity index (χ0v) is 17.0. The lowest BCUT2D eigenvalue weighted by Gasteiger charge is -2.08. The summed E-state index contributed by atoms with van der Waals surface area (Å²) in [5.74, 6) is 0.618. The van der Waals surface area contributed by atoms with Crippen molar-refractivity contribution < 1.29 is 14.3 Å². The highest BCUT2D eigenvalue weighted by molar-refractivity contribution is 5.90. The van der Waals surface area contributed by atoms with Gasteiger partial charge in [0.05, 0.1) is 18.8 Å². The normalized spacial score (nSPS) is 10.5. The second kappa shape index (κ2) is 12.8. The number of hydrogen-bond acceptors (Lipinski definition) is 3. The summed E-state index contributed by atoms with van der Waals surface area (Å²) in [5, 5.41) is 0. The second-order valence-corrected chi connectivity index (χ2v) is 6.87. The molecule has 0 heterocycles. The van der Waals surface area contributed by atoms with Gasteiger partial charge in [-0.15, -0.1) is 6.58 Å². The largest absolute Gasteiger partial charge is 0.494 e. The van der Waals surface area contributed by atoms with Crippen molar-refractivity contribution >= 4 is 5.97 Å². The maximum Gasteiger partial charge on any atom is 0.338 e. The van der Waals surface area contributed by atoms with E-state index in [1.165, 1.54) is 32.1 Å². The van der Waals surface area contributed by atoms with Crippen LogP contribution < -0.4 is 4.74 Å². The van der Waals surface area contributed by atoms with Crippen molar-refractivity contribution in [2.75, 3.05) is 13.2 Å². The number of hydrogen-bond donors (Lipinski definition) is 0. The number of carbonyl (C=O) groups excluding carboxylic acids is 1. The minimum absolute atomic E-state index is 0.283. The van der Waals surface area contributed by atoms with Crippen LogP contribution in [0.25, 0.3) is 11.1 Å². The van der Waals surface area contributed by atoms with Gasteiger partial charge in [-0.2, -0.15) is 0 Å². The molecule has 0 aliphatic carbocycles. The fourth-order valence-electron chi connectivity index (χ4n) is 3.04. The van der Waals surface area contributed by atoms with E-state index in [4.69, 9.17) is 9.47 Å². The molecule has 0 amide bonds. The summed E-state index contributed by atoms with van der Waals surface area (Å²) < 4.78 is 10.9. The molecule has 0 spiro atoms. The summed E-state index contributed by atoms with van der Waals surface area (Å²) in [7, 11) is 0.